The molecule has 4 heteroatoms. The number of carbonyl (C=O) groups excluding carboxylic acids is 1. The monoisotopic (exact) mass is 262 g/mol. The number of amides is 1. The van der Waals surface area contributed by atoms with Gasteiger partial charge < -0.3 is 15.1 Å². The Labute approximate surface area is 113 Å². The van der Waals surface area contributed by atoms with E-state index in [0.29, 0.717) is 12.3 Å². The summed E-state index contributed by atoms with van der Waals surface area (Å²) in [5, 5.41) is 6.54. The Bertz CT molecular complexity index is 435. The Hall–Kier alpha value is -1.29. The first-order valence-electron chi connectivity index (χ1n) is 7.39. The number of hydrogen-bond acceptors (Lipinski definition) is 3. The molecule has 1 aromatic heterocycles. The zero-order valence-corrected chi connectivity index (χ0v) is 11.3. The Balaban J connectivity index is 1.55. The summed E-state index contributed by atoms with van der Waals surface area (Å²) >= 11 is 0. The molecule has 0 saturated carbocycles. The molecule has 104 valence electrons. The number of nitrogens with one attached hydrogen (secondary N) is 2. The molecule has 1 fully saturated rings. The molecule has 0 radical (unpaired) electrons. The first-order chi connectivity index (χ1) is 9.33. The summed E-state index contributed by atoms with van der Waals surface area (Å²) in [7, 11) is 0. The summed E-state index contributed by atoms with van der Waals surface area (Å²) in [5.41, 5.74) is 1.18. The first-order valence-corrected chi connectivity index (χ1v) is 7.39. The van der Waals surface area contributed by atoms with E-state index in [1.54, 1.807) is 6.26 Å². The third kappa shape index (κ3) is 3.00. The SMILES string of the molecule is O=C(CC1CCCNC1)NC1CCCc2occc21. The quantitative estimate of drug-likeness (QED) is 0.877. The van der Waals surface area contributed by atoms with Crippen LogP contribution in [-0.2, 0) is 11.2 Å². The molecule has 0 aromatic carbocycles. The Morgan fingerprint density at radius 1 is 1.42 bits per heavy atom. The summed E-state index contributed by atoms with van der Waals surface area (Å²) < 4.78 is 5.46. The van der Waals surface area contributed by atoms with E-state index in [-0.39, 0.29) is 11.9 Å². The molecular weight excluding hydrogens is 240 g/mol. The van der Waals surface area contributed by atoms with Crippen LogP contribution in [0, 0.1) is 5.92 Å². The summed E-state index contributed by atoms with van der Waals surface area (Å²) in [5.74, 6) is 1.74. The van der Waals surface area contributed by atoms with E-state index in [2.05, 4.69) is 10.6 Å². The van der Waals surface area contributed by atoms with E-state index < -0.39 is 0 Å². The van der Waals surface area contributed by atoms with E-state index in [1.165, 1.54) is 18.4 Å². The second-order valence-electron chi connectivity index (χ2n) is 5.73. The highest BCUT2D eigenvalue weighted by Crippen LogP contribution is 2.30. The highest BCUT2D eigenvalue weighted by Gasteiger charge is 2.25. The van der Waals surface area contributed by atoms with E-state index >= 15 is 0 Å². The van der Waals surface area contributed by atoms with Crippen LogP contribution in [0.5, 0.6) is 0 Å². The first kappa shape index (κ1) is 12.7. The van der Waals surface area contributed by atoms with Crippen molar-refractivity contribution in [2.24, 2.45) is 5.92 Å². The van der Waals surface area contributed by atoms with E-state index in [9.17, 15) is 4.79 Å². The molecule has 2 atom stereocenters. The Kier molecular flexibility index (Phi) is 3.87. The van der Waals surface area contributed by atoms with E-state index in [0.717, 1.165) is 38.1 Å². The van der Waals surface area contributed by atoms with Gasteiger partial charge in [0.1, 0.15) is 5.76 Å². The number of fused-ring (bicyclic) bond motifs is 1. The maximum atomic E-state index is 12.1. The van der Waals surface area contributed by atoms with Crippen molar-refractivity contribution in [3.63, 3.8) is 0 Å². The summed E-state index contributed by atoms with van der Waals surface area (Å²) in [6.07, 6.45) is 7.87. The lowest BCUT2D eigenvalue weighted by atomic mass is 9.92. The van der Waals surface area contributed by atoms with Gasteiger partial charge in [-0.2, -0.15) is 0 Å². The molecule has 1 amide bonds. The van der Waals surface area contributed by atoms with Crippen LogP contribution >= 0.6 is 0 Å². The largest absolute Gasteiger partial charge is 0.469 e. The van der Waals surface area contributed by atoms with Gasteiger partial charge in [0.2, 0.25) is 5.91 Å². The molecule has 1 aliphatic heterocycles. The average molecular weight is 262 g/mol. The fourth-order valence-electron chi connectivity index (χ4n) is 3.25. The van der Waals surface area contributed by atoms with Gasteiger partial charge >= 0.3 is 0 Å². The number of hydrogen-bond donors (Lipinski definition) is 2. The molecule has 1 saturated heterocycles. The minimum atomic E-state index is 0.159. The van der Waals surface area contributed by atoms with Crippen LogP contribution in [0.15, 0.2) is 16.7 Å². The molecule has 19 heavy (non-hydrogen) atoms. The van der Waals surface area contributed by atoms with Crippen LogP contribution in [0.4, 0.5) is 0 Å². The normalized spacial score (nSPS) is 26.7. The lowest BCUT2D eigenvalue weighted by molar-refractivity contribution is -0.123. The minimum Gasteiger partial charge on any atom is -0.469 e. The van der Waals surface area contributed by atoms with Crippen molar-refractivity contribution in [2.75, 3.05) is 13.1 Å². The standard InChI is InChI=1S/C15H22N2O2/c18-15(9-11-3-2-7-16-10-11)17-13-4-1-5-14-12(13)6-8-19-14/h6,8,11,13,16H,1-5,7,9-10H2,(H,17,18). The van der Waals surface area contributed by atoms with Gasteiger partial charge in [0, 0.05) is 18.4 Å². The van der Waals surface area contributed by atoms with Crippen molar-refractivity contribution in [3.05, 3.63) is 23.7 Å². The van der Waals surface area contributed by atoms with Crippen LogP contribution in [-0.4, -0.2) is 19.0 Å². The molecule has 2 unspecified atom stereocenters. The van der Waals surface area contributed by atoms with Crippen molar-refractivity contribution in [3.8, 4) is 0 Å². The molecule has 2 aliphatic rings. The second-order valence-corrected chi connectivity index (χ2v) is 5.73. The van der Waals surface area contributed by atoms with Gasteiger partial charge in [-0.25, -0.2) is 0 Å². The van der Waals surface area contributed by atoms with E-state index in [1.807, 2.05) is 6.07 Å². The maximum Gasteiger partial charge on any atom is 0.220 e. The van der Waals surface area contributed by atoms with Crippen LogP contribution in [0.2, 0.25) is 0 Å². The highest BCUT2D eigenvalue weighted by atomic mass is 16.3. The van der Waals surface area contributed by atoms with Crippen LogP contribution in [0.25, 0.3) is 0 Å². The zero-order chi connectivity index (χ0) is 13.1. The van der Waals surface area contributed by atoms with Gasteiger partial charge in [0.15, 0.2) is 0 Å². The van der Waals surface area contributed by atoms with Gasteiger partial charge in [0.25, 0.3) is 0 Å². The zero-order valence-electron chi connectivity index (χ0n) is 11.3. The Morgan fingerprint density at radius 2 is 2.37 bits per heavy atom. The molecule has 3 rings (SSSR count). The molecule has 2 N–H and O–H groups in total. The summed E-state index contributed by atoms with van der Waals surface area (Å²) in [4.78, 5) is 12.1. The summed E-state index contributed by atoms with van der Waals surface area (Å²) in [6.45, 7) is 2.08. The van der Waals surface area contributed by atoms with Gasteiger partial charge in [-0.15, -0.1) is 0 Å². The van der Waals surface area contributed by atoms with Gasteiger partial charge in [0.05, 0.1) is 12.3 Å². The van der Waals surface area contributed by atoms with Crippen LogP contribution < -0.4 is 10.6 Å². The molecule has 1 aliphatic carbocycles. The number of piperidine rings is 1. The van der Waals surface area contributed by atoms with Gasteiger partial charge in [-0.05, 0) is 50.8 Å². The average Bonchev–Trinajstić information content (AvgIpc) is 2.89. The summed E-state index contributed by atoms with van der Waals surface area (Å²) in [6, 6.07) is 2.16. The fraction of sp³-hybridized carbons (Fsp3) is 0.667. The molecule has 2 heterocycles. The minimum absolute atomic E-state index is 0.159. The van der Waals surface area contributed by atoms with Gasteiger partial charge in [-0.1, -0.05) is 0 Å². The molecule has 0 bridgehead atoms. The molecular formula is C15H22N2O2. The predicted molar refractivity (Wildman–Crippen MR) is 72.7 cm³/mol. The third-order valence-corrected chi connectivity index (χ3v) is 4.26. The molecule has 4 nitrogen and oxygen atoms in total. The van der Waals surface area contributed by atoms with Crippen LogP contribution in [0.3, 0.4) is 0 Å². The third-order valence-electron chi connectivity index (χ3n) is 4.26. The fourth-order valence-corrected chi connectivity index (χ4v) is 3.25. The van der Waals surface area contributed by atoms with Crippen LogP contribution in [0.1, 0.15) is 49.5 Å². The number of rotatable bonds is 3. The molecule has 1 aromatic rings. The van der Waals surface area contributed by atoms with Gasteiger partial charge in [-0.3, -0.25) is 4.79 Å². The molecule has 0 spiro atoms. The Morgan fingerprint density at radius 3 is 3.21 bits per heavy atom. The number of aryl methyl sites for hydroxylation is 1. The lowest BCUT2D eigenvalue weighted by Gasteiger charge is -2.25. The van der Waals surface area contributed by atoms with Crippen molar-refractivity contribution in [2.45, 2.75) is 44.6 Å². The van der Waals surface area contributed by atoms with Crippen molar-refractivity contribution in [1.29, 1.82) is 0 Å². The topological polar surface area (TPSA) is 54.3 Å². The number of furan rings is 1. The smallest absolute Gasteiger partial charge is 0.220 e. The maximum absolute atomic E-state index is 12.1. The highest BCUT2D eigenvalue weighted by molar-refractivity contribution is 5.76. The van der Waals surface area contributed by atoms with Crippen molar-refractivity contribution < 1.29 is 9.21 Å². The van der Waals surface area contributed by atoms with Crippen molar-refractivity contribution >= 4 is 5.91 Å². The van der Waals surface area contributed by atoms with E-state index in [4.69, 9.17) is 4.42 Å². The number of carbonyl (C=O) groups is 1. The van der Waals surface area contributed by atoms with Crippen molar-refractivity contribution in [1.82, 2.24) is 10.6 Å². The second kappa shape index (κ2) is 5.78. The lowest BCUT2D eigenvalue weighted by Crippen LogP contribution is -2.36. The predicted octanol–water partition coefficient (Wildman–Crippen LogP) is 2.16.